The molecule has 5 unspecified atom stereocenters. The Labute approximate surface area is 106 Å². The molecule has 0 aliphatic heterocycles. The van der Waals surface area contributed by atoms with E-state index in [0.29, 0.717) is 17.8 Å². The van der Waals surface area contributed by atoms with Gasteiger partial charge in [0.1, 0.15) is 0 Å². The van der Waals surface area contributed by atoms with Gasteiger partial charge in [-0.15, -0.1) is 0 Å². The van der Waals surface area contributed by atoms with Gasteiger partial charge in [-0.2, -0.15) is 0 Å². The average molecular weight is 242 g/mol. The summed E-state index contributed by atoms with van der Waals surface area (Å²) in [5, 5.41) is 19.6. The van der Waals surface area contributed by atoms with Crippen molar-refractivity contribution < 1.29 is 10.2 Å². The predicted octanol–water partition coefficient (Wildman–Crippen LogP) is 3.22. The third-order valence-corrected chi connectivity index (χ3v) is 4.46. The molecular weight excluding hydrogens is 212 g/mol. The molecule has 102 valence electrons. The molecular formula is C15H30O2. The fraction of sp³-hybridized carbons (Fsp3) is 1.00. The second-order valence-electron chi connectivity index (χ2n) is 6.14. The molecule has 0 spiro atoms. The highest BCUT2D eigenvalue weighted by Crippen LogP contribution is 2.40. The van der Waals surface area contributed by atoms with Crippen LogP contribution in [0, 0.1) is 23.7 Å². The monoisotopic (exact) mass is 242 g/mol. The van der Waals surface area contributed by atoms with Crippen LogP contribution in [0.4, 0.5) is 0 Å². The van der Waals surface area contributed by atoms with Crippen LogP contribution in [-0.4, -0.2) is 22.9 Å². The van der Waals surface area contributed by atoms with Crippen molar-refractivity contribution in [3.8, 4) is 0 Å². The van der Waals surface area contributed by atoms with Crippen molar-refractivity contribution in [3.05, 3.63) is 0 Å². The highest BCUT2D eigenvalue weighted by molar-refractivity contribution is 4.87. The van der Waals surface area contributed by atoms with Gasteiger partial charge < -0.3 is 10.2 Å². The molecule has 1 fully saturated rings. The van der Waals surface area contributed by atoms with Crippen LogP contribution in [0.2, 0.25) is 0 Å². The van der Waals surface area contributed by atoms with Crippen LogP contribution < -0.4 is 0 Å². The van der Waals surface area contributed by atoms with Crippen molar-refractivity contribution in [2.75, 3.05) is 6.61 Å². The van der Waals surface area contributed by atoms with Gasteiger partial charge in [0, 0.05) is 6.61 Å². The van der Waals surface area contributed by atoms with E-state index < -0.39 is 0 Å². The summed E-state index contributed by atoms with van der Waals surface area (Å²) in [5.74, 6) is 1.80. The lowest BCUT2D eigenvalue weighted by Gasteiger charge is -2.41. The Hall–Kier alpha value is -0.0800. The maximum absolute atomic E-state index is 10.3. The second kappa shape index (κ2) is 7.38. The minimum atomic E-state index is -0.201. The molecule has 2 heteroatoms. The van der Waals surface area contributed by atoms with E-state index in [0.717, 1.165) is 6.42 Å². The molecule has 0 radical (unpaired) electrons. The molecule has 0 aromatic rings. The van der Waals surface area contributed by atoms with Gasteiger partial charge in [-0.25, -0.2) is 0 Å². The van der Waals surface area contributed by atoms with Crippen LogP contribution in [-0.2, 0) is 0 Å². The molecule has 2 nitrogen and oxygen atoms in total. The van der Waals surface area contributed by atoms with Gasteiger partial charge >= 0.3 is 0 Å². The van der Waals surface area contributed by atoms with Crippen molar-refractivity contribution in [1.82, 2.24) is 0 Å². The molecule has 0 heterocycles. The molecule has 1 aliphatic carbocycles. The first-order valence-electron chi connectivity index (χ1n) is 7.39. The van der Waals surface area contributed by atoms with Crippen LogP contribution in [0.25, 0.3) is 0 Å². The van der Waals surface area contributed by atoms with Crippen molar-refractivity contribution in [3.63, 3.8) is 0 Å². The van der Waals surface area contributed by atoms with Gasteiger partial charge in [-0.3, -0.25) is 0 Å². The minimum absolute atomic E-state index is 0.201. The lowest BCUT2D eigenvalue weighted by molar-refractivity contribution is -0.0318. The summed E-state index contributed by atoms with van der Waals surface area (Å²) >= 11 is 0. The third kappa shape index (κ3) is 4.26. The summed E-state index contributed by atoms with van der Waals surface area (Å²) in [6.07, 6.45) is 6.99. The fourth-order valence-corrected chi connectivity index (χ4v) is 3.59. The van der Waals surface area contributed by atoms with Gasteiger partial charge in [-0.1, -0.05) is 46.5 Å². The molecule has 0 aromatic carbocycles. The summed E-state index contributed by atoms with van der Waals surface area (Å²) in [6.45, 7) is 6.76. The van der Waals surface area contributed by atoms with E-state index in [1.807, 2.05) is 0 Å². The summed E-state index contributed by atoms with van der Waals surface area (Å²) in [7, 11) is 0. The van der Waals surface area contributed by atoms with Crippen molar-refractivity contribution >= 4 is 0 Å². The van der Waals surface area contributed by atoms with Gasteiger partial charge in [0.2, 0.25) is 0 Å². The predicted molar refractivity (Wildman–Crippen MR) is 71.8 cm³/mol. The van der Waals surface area contributed by atoms with Crippen molar-refractivity contribution in [2.45, 2.75) is 65.4 Å². The molecule has 17 heavy (non-hydrogen) atoms. The second-order valence-corrected chi connectivity index (χ2v) is 6.14. The smallest absolute Gasteiger partial charge is 0.0577 e. The standard InChI is InChI=1S/C15H30O2/c1-4-5-6-7-13-8-11(2)9-14(17)15(13)12(3)10-16/h11-17H,4-10H2,1-3H3. The first-order chi connectivity index (χ1) is 8.10. The maximum atomic E-state index is 10.3. The quantitative estimate of drug-likeness (QED) is 0.702. The first kappa shape index (κ1) is 15.0. The van der Waals surface area contributed by atoms with Crippen molar-refractivity contribution in [2.24, 2.45) is 23.7 Å². The Morgan fingerprint density at radius 2 is 1.94 bits per heavy atom. The third-order valence-electron chi connectivity index (χ3n) is 4.46. The minimum Gasteiger partial charge on any atom is -0.396 e. The summed E-state index contributed by atoms with van der Waals surface area (Å²) < 4.78 is 0. The number of hydrogen-bond acceptors (Lipinski definition) is 2. The van der Waals surface area contributed by atoms with Crippen LogP contribution in [0.3, 0.4) is 0 Å². The molecule has 0 amide bonds. The van der Waals surface area contributed by atoms with Crippen LogP contribution in [0.5, 0.6) is 0 Å². The molecule has 2 N–H and O–H groups in total. The Kier molecular flexibility index (Phi) is 6.50. The molecule has 0 bridgehead atoms. The summed E-state index contributed by atoms with van der Waals surface area (Å²) in [4.78, 5) is 0. The van der Waals surface area contributed by atoms with Gasteiger partial charge in [-0.05, 0) is 36.5 Å². The summed E-state index contributed by atoms with van der Waals surface area (Å²) in [5.41, 5.74) is 0. The van der Waals surface area contributed by atoms with Gasteiger partial charge in [0.05, 0.1) is 6.10 Å². The SMILES string of the molecule is CCCCCC1CC(C)CC(O)C1C(C)CO. The Balaban J connectivity index is 2.58. The molecule has 0 saturated heterocycles. The van der Waals surface area contributed by atoms with E-state index in [9.17, 15) is 10.2 Å². The van der Waals surface area contributed by atoms with E-state index in [1.54, 1.807) is 0 Å². The number of rotatable bonds is 6. The van der Waals surface area contributed by atoms with Gasteiger partial charge in [0.25, 0.3) is 0 Å². The summed E-state index contributed by atoms with van der Waals surface area (Å²) in [6, 6.07) is 0. The van der Waals surface area contributed by atoms with Crippen molar-refractivity contribution in [1.29, 1.82) is 0 Å². The molecule has 0 aromatic heterocycles. The lowest BCUT2D eigenvalue weighted by atomic mass is 9.66. The molecule has 5 atom stereocenters. The van der Waals surface area contributed by atoms with E-state index in [4.69, 9.17) is 0 Å². The Bertz CT molecular complexity index is 205. The largest absolute Gasteiger partial charge is 0.396 e. The van der Waals surface area contributed by atoms with E-state index in [-0.39, 0.29) is 18.6 Å². The zero-order valence-corrected chi connectivity index (χ0v) is 11.7. The molecule has 1 rings (SSSR count). The average Bonchev–Trinajstić information content (AvgIpc) is 2.28. The lowest BCUT2D eigenvalue weighted by Crippen LogP contribution is -2.40. The fourth-order valence-electron chi connectivity index (χ4n) is 3.59. The highest BCUT2D eigenvalue weighted by atomic mass is 16.3. The zero-order valence-electron chi connectivity index (χ0n) is 11.7. The maximum Gasteiger partial charge on any atom is 0.0577 e. The topological polar surface area (TPSA) is 40.5 Å². The van der Waals surface area contributed by atoms with E-state index in [2.05, 4.69) is 20.8 Å². The molecule has 1 saturated carbocycles. The zero-order chi connectivity index (χ0) is 12.8. The number of aliphatic hydroxyl groups is 2. The number of unbranched alkanes of at least 4 members (excludes halogenated alkanes) is 2. The van der Waals surface area contributed by atoms with E-state index >= 15 is 0 Å². The normalized spacial score (nSPS) is 35.8. The van der Waals surface area contributed by atoms with Crippen LogP contribution >= 0.6 is 0 Å². The number of hydrogen-bond donors (Lipinski definition) is 2. The first-order valence-corrected chi connectivity index (χ1v) is 7.39. The molecule has 1 aliphatic rings. The Morgan fingerprint density at radius 3 is 2.53 bits per heavy atom. The van der Waals surface area contributed by atoms with Crippen LogP contribution in [0.15, 0.2) is 0 Å². The van der Waals surface area contributed by atoms with Gasteiger partial charge in [0.15, 0.2) is 0 Å². The Morgan fingerprint density at radius 1 is 1.24 bits per heavy atom. The highest BCUT2D eigenvalue weighted by Gasteiger charge is 2.37. The number of aliphatic hydroxyl groups excluding tert-OH is 2. The van der Waals surface area contributed by atoms with Crippen LogP contribution in [0.1, 0.15) is 59.3 Å². The van der Waals surface area contributed by atoms with E-state index in [1.165, 1.54) is 32.1 Å².